The van der Waals surface area contributed by atoms with E-state index in [0.29, 0.717) is 16.9 Å². The Bertz CT molecular complexity index is 721. The molecule has 2 aromatic rings. The highest BCUT2D eigenvalue weighted by atomic mass is 32.1. The zero-order chi connectivity index (χ0) is 15.7. The van der Waals surface area contributed by atoms with Crippen LogP contribution in [-0.4, -0.2) is 11.1 Å². The molecule has 0 saturated heterocycles. The van der Waals surface area contributed by atoms with Crippen LogP contribution in [0, 0.1) is 20.8 Å². The number of carboxylic acids is 1. The average Bonchev–Trinajstić information content (AvgIpc) is 2.44. The summed E-state index contributed by atoms with van der Waals surface area (Å²) in [5, 5.41) is 9.34. The van der Waals surface area contributed by atoms with Gasteiger partial charge >= 0.3 is 5.97 Å². The molecule has 0 aliphatic heterocycles. The molecule has 1 N–H and O–H groups in total. The average molecular weight is 318 g/mol. The van der Waals surface area contributed by atoms with Crippen molar-refractivity contribution in [3.63, 3.8) is 0 Å². The minimum absolute atomic E-state index is 0.312. The second-order valence-corrected chi connectivity index (χ2v) is 6.24. The molecule has 4 heteroatoms. The number of benzene rings is 2. The van der Waals surface area contributed by atoms with Gasteiger partial charge in [-0.3, -0.25) is 0 Å². The van der Waals surface area contributed by atoms with Crippen molar-refractivity contribution < 1.29 is 9.90 Å². The lowest BCUT2D eigenvalue weighted by atomic mass is 9.93. The van der Waals surface area contributed by atoms with Crippen molar-refractivity contribution in [1.82, 2.24) is 0 Å². The van der Waals surface area contributed by atoms with Gasteiger partial charge in [-0.15, -0.1) is 25.3 Å². The maximum atomic E-state index is 11.4. The highest BCUT2D eigenvalue weighted by molar-refractivity contribution is 7.80. The Morgan fingerprint density at radius 3 is 2.33 bits per heavy atom. The molecule has 2 rings (SSSR count). The molecule has 0 aliphatic rings. The van der Waals surface area contributed by atoms with E-state index in [1.807, 2.05) is 26.0 Å². The van der Waals surface area contributed by atoms with Gasteiger partial charge in [-0.05, 0) is 67.1 Å². The molecule has 0 heterocycles. The largest absolute Gasteiger partial charge is 0.478 e. The lowest BCUT2D eigenvalue weighted by Crippen LogP contribution is -2.05. The van der Waals surface area contributed by atoms with Crippen LogP contribution >= 0.6 is 25.3 Å². The fraction of sp³-hybridized carbons (Fsp3) is 0.235. The molecule has 0 atom stereocenters. The summed E-state index contributed by atoms with van der Waals surface area (Å²) in [4.78, 5) is 13.0. The van der Waals surface area contributed by atoms with Crippen molar-refractivity contribution in [1.29, 1.82) is 0 Å². The van der Waals surface area contributed by atoms with E-state index in [-0.39, 0.29) is 0 Å². The first-order valence-corrected chi connectivity index (χ1v) is 7.54. The lowest BCUT2D eigenvalue weighted by molar-refractivity contribution is 0.0695. The van der Waals surface area contributed by atoms with Gasteiger partial charge in [0, 0.05) is 9.79 Å². The van der Waals surface area contributed by atoms with Crippen LogP contribution in [0.15, 0.2) is 34.1 Å². The summed E-state index contributed by atoms with van der Waals surface area (Å²) in [7, 11) is 0. The first-order chi connectivity index (χ1) is 9.81. The van der Waals surface area contributed by atoms with Crippen molar-refractivity contribution in [3.8, 4) is 0 Å². The van der Waals surface area contributed by atoms with E-state index in [4.69, 9.17) is 0 Å². The second-order valence-electron chi connectivity index (χ2n) is 5.27. The van der Waals surface area contributed by atoms with Gasteiger partial charge in [0.25, 0.3) is 0 Å². The number of aromatic carboxylic acids is 1. The minimum atomic E-state index is -0.919. The van der Waals surface area contributed by atoms with E-state index < -0.39 is 5.97 Å². The maximum absolute atomic E-state index is 11.4. The summed E-state index contributed by atoms with van der Waals surface area (Å²) in [5.74, 6) is -0.919. The van der Waals surface area contributed by atoms with Gasteiger partial charge in [-0.1, -0.05) is 12.1 Å². The lowest BCUT2D eigenvalue weighted by Gasteiger charge is -2.15. The van der Waals surface area contributed by atoms with Crippen LogP contribution in [0.4, 0.5) is 0 Å². The summed E-state index contributed by atoms with van der Waals surface area (Å²) in [6, 6.07) is 7.35. The van der Waals surface area contributed by atoms with Gasteiger partial charge in [0.15, 0.2) is 0 Å². The summed E-state index contributed by atoms with van der Waals surface area (Å²) in [6.07, 6.45) is 0.595. The highest BCUT2D eigenvalue weighted by Gasteiger charge is 2.14. The monoisotopic (exact) mass is 318 g/mol. The number of carboxylic acid groups (broad SMARTS) is 1. The Hall–Kier alpha value is -1.39. The quantitative estimate of drug-likeness (QED) is 0.730. The number of hydrogen-bond donors (Lipinski definition) is 3. The molecule has 110 valence electrons. The van der Waals surface area contributed by atoms with E-state index >= 15 is 0 Å². The second kappa shape index (κ2) is 6.16. The number of rotatable bonds is 3. The first kappa shape index (κ1) is 16.0. The van der Waals surface area contributed by atoms with Gasteiger partial charge in [-0.25, -0.2) is 4.79 Å². The van der Waals surface area contributed by atoms with Crippen molar-refractivity contribution in [3.05, 3.63) is 57.6 Å². The van der Waals surface area contributed by atoms with Gasteiger partial charge < -0.3 is 5.11 Å². The standard InChI is InChI=1S/C17H18O2S2/c1-9-6-13(10(2)11(3)16(9)21)7-12-4-5-14(20)8-15(12)17(18)19/h4-6,8,20-21H,7H2,1-3H3,(H,18,19). The third-order valence-electron chi connectivity index (χ3n) is 3.87. The molecule has 0 radical (unpaired) electrons. The normalized spacial score (nSPS) is 10.7. The minimum Gasteiger partial charge on any atom is -0.478 e. The molecule has 0 bridgehead atoms. The Morgan fingerprint density at radius 2 is 1.71 bits per heavy atom. The van der Waals surface area contributed by atoms with Crippen LogP contribution in [-0.2, 0) is 6.42 Å². The van der Waals surface area contributed by atoms with Gasteiger partial charge in [0.1, 0.15) is 0 Å². The molecule has 0 aromatic heterocycles. The van der Waals surface area contributed by atoms with Crippen LogP contribution in [0.2, 0.25) is 0 Å². The van der Waals surface area contributed by atoms with Gasteiger partial charge in [0.05, 0.1) is 5.56 Å². The Kier molecular flexibility index (Phi) is 4.69. The van der Waals surface area contributed by atoms with Gasteiger partial charge in [0.2, 0.25) is 0 Å². The molecular weight excluding hydrogens is 300 g/mol. The molecule has 0 fully saturated rings. The molecule has 0 amide bonds. The SMILES string of the molecule is Cc1cc(Cc2ccc(S)cc2C(=O)O)c(C)c(C)c1S. The predicted octanol–water partition coefficient (Wildman–Crippen LogP) is 4.48. The van der Waals surface area contributed by atoms with Crippen molar-refractivity contribution in [2.75, 3.05) is 0 Å². The zero-order valence-electron chi connectivity index (χ0n) is 12.3. The molecule has 2 aromatic carbocycles. The summed E-state index contributed by atoms with van der Waals surface area (Å²) >= 11 is 8.73. The van der Waals surface area contributed by atoms with Crippen molar-refractivity contribution in [2.45, 2.75) is 37.0 Å². The molecule has 0 saturated carbocycles. The fourth-order valence-corrected chi connectivity index (χ4v) is 2.89. The van der Waals surface area contributed by atoms with Crippen LogP contribution in [0.1, 0.15) is 38.2 Å². The molecular formula is C17H18O2S2. The predicted molar refractivity (Wildman–Crippen MR) is 91.4 cm³/mol. The fourth-order valence-electron chi connectivity index (χ4n) is 2.46. The Balaban J connectivity index is 2.51. The van der Waals surface area contributed by atoms with Crippen LogP contribution in [0.25, 0.3) is 0 Å². The molecule has 0 spiro atoms. The summed E-state index contributed by atoms with van der Waals surface area (Å²) in [5.41, 5.74) is 5.67. The van der Waals surface area contributed by atoms with E-state index in [2.05, 4.69) is 38.2 Å². The van der Waals surface area contributed by atoms with E-state index in [9.17, 15) is 9.90 Å². The van der Waals surface area contributed by atoms with E-state index in [1.165, 1.54) is 0 Å². The third-order valence-corrected chi connectivity index (χ3v) is 4.83. The zero-order valence-corrected chi connectivity index (χ0v) is 14.1. The van der Waals surface area contributed by atoms with Crippen molar-refractivity contribution in [2.24, 2.45) is 0 Å². The maximum Gasteiger partial charge on any atom is 0.336 e. The Labute approximate surface area is 136 Å². The van der Waals surface area contributed by atoms with Crippen LogP contribution in [0.5, 0.6) is 0 Å². The van der Waals surface area contributed by atoms with Crippen molar-refractivity contribution >= 4 is 31.2 Å². The molecule has 21 heavy (non-hydrogen) atoms. The topological polar surface area (TPSA) is 37.3 Å². The number of carbonyl (C=O) groups is 1. The third kappa shape index (κ3) is 3.27. The van der Waals surface area contributed by atoms with Crippen LogP contribution in [0.3, 0.4) is 0 Å². The summed E-state index contributed by atoms with van der Waals surface area (Å²) in [6.45, 7) is 6.12. The van der Waals surface area contributed by atoms with E-state index in [1.54, 1.807) is 6.07 Å². The smallest absolute Gasteiger partial charge is 0.336 e. The number of hydrogen-bond acceptors (Lipinski definition) is 3. The Morgan fingerprint density at radius 1 is 1.05 bits per heavy atom. The van der Waals surface area contributed by atoms with Gasteiger partial charge in [-0.2, -0.15) is 0 Å². The summed E-state index contributed by atoms with van der Waals surface area (Å²) < 4.78 is 0. The molecule has 2 nitrogen and oxygen atoms in total. The van der Waals surface area contributed by atoms with E-state index in [0.717, 1.165) is 32.7 Å². The molecule has 0 aliphatic carbocycles. The van der Waals surface area contributed by atoms with Crippen LogP contribution < -0.4 is 0 Å². The number of aryl methyl sites for hydroxylation is 1. The number of thiol groups is 2. The molecule has 0 unspecified atom stereocenters. The highest BCUT2D eigenvalue weighted by Crippen LogP contribution is 2.27. The first-order valence-electron chi connectivity index (χ1n) is 6.65.